The molecule has 21 heavy (non-hydrogen) atoms. The normalized spacial score (nSPS) is 11.9. The average Bonchev–Trinajstić information content (AvgIpc) is 2.80. The quantitative estimate of drug-likeness (QED) is 0.809. The van der Waals surface area contributed by atoms with Gasteiger partial charge in [0.1, 0.15) is 11.8 Å². The number of esters is 1. The molecule has 0 saturated carbocycles. The molecule has 2 heterocycles. The van der Waals surface area contributed by atoms with Crippen molar-refractivity contribution in [3.8, 4) is 0 Å². The van der Waals surface area contributed by atoms with E-state index in [4.69, 9.17) is 9.47 Å². The molecule has 0 aliphatic carbocycles. The third-order valence-electron chi connectivity index (χ3n) is 2.66. The Morgan fingerprint density at radius 1 is 1.43 bits per heavy atom. The van der Waals surface area contributed by atoms with E-state index in [1.165, 1.54) is 7.11 Å². The second-order valence-corrected chi connectivity index (χ2v) is 4.08. The zero-order valence-corrected chi connectivity index (χ0v) is 11.3. The van der Waals surface area contributed by atoms with E-state index in [1.807, 2.05) is 0 Å². The smallest absolute Gasteiger partial charge is 0.418 e. The van der Waals surface area contributed by atoms with Crippen LogP contribution in [0.15, 0.2) is 12.4 Å². The number of hydrogen-bond donors (Lipinski definition) is 0. The summed E-state index contributed by atoms with van der Waals surface area (Å²) in [6.07, 6.45) is -3.46. The van der Waals surface area contributed by atoms with Crippen LogP contribution in [0.4, 0.5) is 13.2 Å². The van der Waals surface area contributed by atoms with Gasteiger partial charge in [0.15, 0.2) is 5.69 Å². The van der Waals surface area contributed by atoms with E-state index >= 15 is 0 Å². The van der Waals surface area contributed by atoms with Crippen molar-refractivity contribution < 1.29 is 27.4 Å². The Kier molecular flexibility index (Phi) is 4.12. The number of carbonyl (C=O) groups is 1. The molecule has 0 bridgehead atoms. The van der Waals surface area contributed by atoms with Gasteiger partial charge in [-0.25, -0.2) is 14.3 Å². The number of hydrogen-bond acceptors (Lipinski definition) is 5. The lowest BCUT2D eigenvalue weighted by Crippen LogP contribution is -2.14. The van der Waals surface area contributed by atoms with E-state index in [0.717, 1.165) is 16.9 Å². The van der Waals surface area contributed by atoms with Crippen molar-refractivity contribution in [3.63, 3.8) is 0 Å². The molecule has 0 saturated heterocycles. The fraction of sp³-hybridized carbons (Fsp3) is 0.417. The van der Waals surface area contributed by atoms with Crippen molar-refractivity contribution in [1.29, 1.82) is 0 Å². The first-order valence-electron chi connectivity index (χ1n) is 5.99. The van der Waals surface area contributed by atoms with Gasteiger partial charge in [0.25, 0.3) is 0 Å². The lowest BCUT2D eigenvalue weighted by Gasteiger charge is -2.12. The van der Waals surface area contributed by atoms with Crippen molar-refractivity contribution in [3.05, 3.63) is 29.3 Å². The predicted octanol–water partition coefficient (Wildman–Crippen LogP) is 2.07. The molecule has 0 spiro atoms. The first-order valence-corrected chi connectivity index (χ1v) is 5.99. The molecule has 0 amide bonds. The molecule has 0 fully saturated rings. The minimum atomic E-state index is -4.61. The molecule has 0 atom stereocenters. The molecule has 2 rings (SSSR count). The second-order valence-electron chi connectivity index (χ2n) is 4.08. The molecule has 6 nitrogen and oxygen atoms in total. The first-order chi connectivity index (χ1) is 9.88. The fourth-order valence-electron chi connectivity index (χ4n) is 1.81. The molecular weight excluding hydrogens is 291 g/mol. The van der Waals surface area contributed by atoms with Gasteiger partial charge in [0.2, 0.25) is 0 Å². The summed E-state index contributed by atoms with van der Waals surface area (Å²) < 4.78 is 49.7. The standard InChI is InChI=1S/C12H12F3N3O3/c1-3-21-11(19)10-9-4-7(12(13,14)15)8(5-20-2)17-18(9)6-16-10/h4,6H,3,5H2,1-2H3. The number of ether oxygens (including phenoxy) is 2. The zero-order chi connectivity index (χ0) is 15.6. The molecule has 9 heteroatoms. The summed E-state index contributed by atoms with van der Waals surface area (Å²) in [5, 5.41) is 3.80. The third kappa shape index (κ3) is 2.97. The lowest BCUT2D eigenvalue weighted by molar-refractivity contribution is -0.139. The maximum absolute atomic E-state index is 13.0. The number of aromatic nitrogens is 3. The SMILES string of the molecule is CCOC(=O)c1ncn2nc(COC)c(C(F)(F)F)cc12. The maximum atomic E-state index is 13.0. The molecule has 2 aromatic heterocycles. The van der Waals surface area contributed by atoms with Gasteiger partial charge in [-0.05, 0) is 13.0 Å². The molecule has 114 valence electrons. The van der Waals surface area contributed by atoms with Gasteiger partial charge in [0.05, 0.1) is 24.5 Å². The highest BCUT2D eigenvalue weighted by Gasteiger charge is 2.35. The average molecular weight is 303 g/mol. The van der Waals surface area contributed by atoms with Crippen LogP contribution in [-0.4, -0.2) is 34.3 Å². The minimum Gasteiger partial charge on any atom is -0.461 e. The van der Waals surface area contributed by atoms with E-state index < -0.39 is 17.7 Å². The van der Waals surface area contributed by atoms with Crippen molar-refractivity contribution in [1.82, 2.24) is 14.6 Å². The third-order valence-corrected chi connectivity index (χ3v) is 2.66. The molecular formula is C12H12F3N3O3. The predicted molar refractivity (Wildman–Crippen MR) is 64.7 cm³/mol. The van der Waals surface area contributed by atoms with Crippen molar-refractivity contribution in [2.45, 2.75) is 19.7 Å². The first kappa shape index (κ1) is 15.2. The molecule has 0 N–H and O–H groups in total. The highest BCUT2D eigenvalue weighted by Crippen LogP contribution is 2.32. The minimum absolute atomic E-state index is 0.0689. The Morgan fingerprint density at radius 3 is 2.71 bits per heavy atom. The van der Waals surface area contributed by atoms with Crippen LogP contribution in [0.25, 0.3) is 5.52 Å². The van der Waals surface area contributed by atoms with Crippen molar-refractivity contribution >= 4 is 11.5 Å². The van der Waals surface area contributed by atoms with Crippen LogP contribution in [0.5, 0.6) is 0 Å². The molecule has 0 aliphatic rings. The molecule has 0 radical (unpaired) electrons. The van der Waals surface area contributed by atoms with Gasteiger partial charge in [0, 0.05) is 7.11 Å². The monoisotopic (exact) mass is 303 g/mol. The summed E-state index contributed by atoms with van der Waals surface area (Å²) >= 11 is 0. The number of fused-ring (bicyclic) bond motifs is 1. The number of carbonyl (C=O) groups excluding carboxylic acids is 1. The number of imidazole rings is 1. The van der Waals surface area contributed by atoms with E-state index in [1.54, 1.807) is 6.92 Å². The molecule has 0 aliphatic heterocycles. The van der Waals surface area contributed by atoms with Gasteiger partial charge in [-0.3, -0.25) is 0 Å². The van der Waals surface area contributed by atoms with Crippen molar-refractivity contribution in [2.75, 3.05) is 13.7 Å². The summed E-state index contributed by atoms with van der Waals surface area (Å²) in [4.78, 5) is 15.4. The van der Waals surface area contributed by atoms with Gasteiger partial charge >= 0.3 is 12.1 Å². The number of rotatable bonds is 4. The van der Waals surface area contributed by atoms with E-state index in [9.17, 15) is 18.0 Å². The molecule has 2 aromatic rings. The largest absolute Gasteiger partial charge is 0.461 e. The summed E-state index contributed by atoms with van der Waals surface area (Å²) in [6, 6.07) is 0.820. The number of halogens is 3. The van der Waals surface area contributed by atoms with Crippen LogP contribution in [-0.2, 0) is 22.3 Å². The van der Waals surface area contributed by atoms with Crippen LogP contribution in [0.3, 0.4) is 0 Å². The Morgan fingerprint density at radius 2 is 2.14 bits per heavy atom. The van der Waals surface area contributed by atoms with Crippen LogP contribution < -0.4 is 0 Å². The van der Waals surface area contributed by atoms with Crippen molar-refractivity contribution in [2.24, 2.45) is 0 Å². The topological polar surface area (TPSA) is 65.7 Å². The Bertz CT molecular complexity index is 667. The van der Waals surface area contributed by atoms with Crippen LogP contribution in [0, 0.1) is 0 Å². The fourth-order valence-corrected chi connectivity index (χ4v) is 1.81. The van der Waals surface area contributed by atoms with Crippen LogP contribution in [0.1, 0.15) is 28.7 Å². The molecule has 0 aromatic carbocycles. The van der Waals surface area contributed by atoms with Crippen LogP contribution >= 0.6 is 0 Å². The number of alkyl halides is 3. The summed E-state index contributed by atoms with van der Waals surface area (Å²) in [5.41, 5.74) is -1.53. The lowest BCUT2D eigenvalue weighted by atomic mass is 10.2. The van der Waals surface area contributed by atoms with E-state index in [2.05, 4.69) is 10.1 Å². The maximum Gasteiger partial charge on any atom is 0.418 e. The Hall–Kier alpha value is -2.16. The highest BCUT2D eigenvalue weighted by atomic mass is 19.4. The Labute approximate surface area is 117 Å². The van der Waals surface area contributed by atoms with Gasteiger partial charge in [-0.1, -0.05) is 0 Å². The number of nitrogens with zero attached hydrogens (tertiary/aromatic N) is 3. The summed E-state index contributed by atoms with van der Waals surface area (Å²) in [5.74, 6) is -0.797. The van der Waals surface area contributed by atoms with E-state index in [-0.39, 0.29) is 30.1 Å². The summed E-state index contributed by atoms with van der Waals surface area (Å²) in [7, 11) is 1.27. The van der Waals surface area contributed by atoms with Gasteiger partial charge in [-0.2, -0.15) is 18.3 Å². The summed E-state index contributed by atoms with van der Waals surface area (Å²) in [6.45, 7) is 1.38. The van der Waals surface area contributed by atoms with E-state index in [0.29, 0.717) is 0 Å². The zero-order valence-electron chi connectivity index (χ0n) is 11.3. The van der Waals surface area contributed by atoms with Crippen LogP contribution in [0.2, 0.25) is 0 Å². The van der Waals surface area contributed by atoms with Gasteiger partial charge < -0.3 is 9.47 Å². The second kappa shape index (κ2) is 5.68. The highest BCUT2D eigenvalue weighted by molar-refractivity contribution is 5.94. The Balaban J connectivity index is 2.62. The van der Waals surface area contributed by atoms with Gasteiger partial charge in [-0.15, -0.1) is 0 Å². The molecule has 0 unspecified atom stereocenters. The number of methoxy groups -OCH3 is 1.